The summed E-state index contributed by atoms with van der Waals surface area (Å²) in [5.41, 5.74) is -3.17. The topological polar surface area (TPSA) is 127 Å². The van der Waals surface area contributed by atoms with Crippen molar-refractivity contribution in [2.24, 2.45) is 0 Å². The molecule has 0 radical (unpaired) electrons. The molecule has 2 heterocycles. The number of hydrogen-bond acceptors (Lipinski definition) is 8. The average molecular weight is 340 g/mol. The lowest BCUT2D eigenvalue weighted by molar-refractivity contribution is 0.346. The molecule has 0 aliphatic heterocycles. The molecule has 0 amide bonds. The zero-order chi connectivity index (χ0) is 17.9. The molecule has 8 heteroatoms. The minimum atomic E-state index is -0.907. The van der Waals surface area contributed by atoms with Crippen LogP contribution in [-0.2, 0) is 0 Å². The molecule has 2 aromatic heterocycles. The Morgan fingerprint density at radius 1 is 1.00 bits per heavy atom. The Morgan fingerprint density at radius 3 is 2.36 bits per heavy atom. The number of rotatable bonds is 2. The Hall–Kier alpha value is -3.81. The van der Waals surface area contributed by atoms with Gasteiger partial charge in [0.1, 0.15) is 0 Å². The highest BCUT2D eigenvalue weighted by atomic mass is 16.5. The van der Waals surface area contributed by atoms with E-state index < -0.39 is 22.4 Å². The van der Waals surface area contributed by atoms with Crippen molar-refractivity contribution in [3.05, 3.63) is 61.1 Å². The third kappa shape index (κ3) is 1.78. The van der Waals surface area contributed by atoms with Crippen molar-refractivity contribution in [2.45, 2.75) is 0 Å². The van der Waals surface area contributed by atoms with Crippen LogP contribution in [0.2, 0.25) is 0 Å². The van der Waals surface area contributed by atoms with Crippen LogP contribution in [0.1, 0.15) is 0 Å². The number of ether oxygens (including phenoxy) is 1. The van der Waals surface area contributed by atoms with E-state index in [2.05, 4.69) is 6.58 Å². The quantitative estimate of drug-likeness (QED) is 0.315. The first-order valence-electron chi connectivity index (χ1n) is 6.95. The lowest BCUT2D eigenvalue weighted by Crippen LogP contribution is -2.26. The van der Waals surface area contributed by atoms with Crippen LogP contribution in [0.5, 0.6) is 11.7 Å². The summed E-state index contributed by atoms with van der Waals surface area (Å²) >= 11 is 0. The average Bonchev–Trinajstić information content (AvgIpc) is 2.59. The largest absolute Gasteiger partial charge is 0.515 e. The fraction of sp³-hybridized carbons (Fsp3) is 0. The van der Waals surface area contributed by atoms with Crippen LogP contribution < -0.4 is 26.4 Å². The summed E-state index contributed by atoms with van der Waals surface area (Å²) in [7, 11) is 0. The molecule has 0 saturated carbocycles. The van der Waals surface area contributed by atoms with Gasteiger partial charge >= 0.3 is 5.63 Å². The van der Waals surface area contributed by atoms with Crippen molar-refractivity contribution < 1.29 is 23.8 Å². The predicted octanol–water partition coefficient (Wildman–Crippen LogP) is 1.09. The SMILES string of the molecule is C=COc1cc2c(O)oc3c(=O)c(=CO)cc4c(=O)oc(c1=O)c2c43. The number of benzene rings is 2. The molecule has 0 aliphatic rings. The predicted molar refractivity (Wildman–Crippen MR) is 88.3 cm³/mol. The van der Waals surface area contributed by atoms with Gasteiger partial charge in [0.2, 0.25) is 5.43 Å². The minimum Gasteiger partial charge on any atom is -0.515 e. The van der Waals surface area contributed by atoms with E-state index in [9.17, 15) is 19.5 Å². The van der Waals surface area contributed by atoms with Crippen molar-refractivity contribution >= 4 is 39.0 Å². The molecule has 2 N–H and O–H groups in total. The molecule has 0 bridgehead atoms. The van der Waals surface area contributed by atoms with Crippen molar-refractivity contribution in [1.82, 2.24) is 0 Å². The zero-order valence-electron chi connectivity index (χ0n) is 12.4. The maximum atomic E-state index is 12.5. The van der Waals surface area contributed by atoms with Gasteiger partial charge < -0.3 is 23.8 Å². The molecular formula is C17H8O8. The second-order valence-corrected chi connectivity index (χ2v) is 5.21. The Bertz CT molecular complexity index is 1410. The van der Waals surface area contributed by atoms with Gasteiger partial charge in [0.25, 0.3) is 11.4 Å². The highest BCUT2D eigenvalue weighted by Crippen LogP contribution is 2.36. The third-order valence-electron chi connectivity index (χ3n) is 3.91. The second kappa shape index (κ2) is 4.84. The molecule has 0 saturated heterocycles. The molecule has 8 nitrogen and oxygen atoms in total. The van der Waals surface area contributed by atoms with Crippen molar-refractivity contribution in [1.29, 1.82) is 0 Å². The van der Waals surface area contributed by atoms with E-state index in [4.69, 9.17) is 18.7 Å². The van der Waals surface area contributed by atoms with Crippen LogP contribution in [0, 0.1) is 0 Å². The summed E-state index contributed by atoms with van der Waals surface area (Å²) in [4.78, 5) is 37.1. The Morgan fingerprint density at radius 2 is 1.68 bits per heavy atom. The summed E-state index contributed by atoms with van der Waals surface area (Å²) in [6, 6.07) is 2.32. The zero-order valence-corrected chi connectivity index (χ0v) is 12.4. The monoisotopic (exact) mass is 340 g/mol. The summed E-state index contributed by atoms with van der Waals surface area (Å²) < 4.78 is 15.2. The van der Waals surface area contributed by atoms with Gasteiger partial charge in [-0.2, -0.15) is 0 Å². The number of aromatic hydroxyl groups is 1. The Kier molecular flexibility index (Phi) is 2.86. The summed E-state index contributed by atoms with van der Waals surface area (Å²) in [5, 5.41) is 19.1. The molecule has 0 spiro atoms. The van der Waals surface area contributed by atoms with Crippen molar-refractivity contribution in [3.63, 3.8) is 0 Å². The summed E-state index contributed by atoms with van der Waals surface area (Å²) in [5.74, 6) is -0.907. The van der Waals surface area contributed by atoms with Crippen molar-refractivity contribution in [3.8, 4) is 11.7 Å². The third-order valence-corrected chi connectivity index (χ3v) is 3.91. The molecule has 4 rings (SSSR count). The molecule has 0 atom stereocenters. The van der Waals surface area contributed by atoms with E-state index in [0.29, 0.717) is 6.26 Å². The first-order valence-corrected chi connectivity index (χ1v) is 6.95. The smallest absolute Gasteiger partial charge is 0.344 e. The van der Waals surface area contributed by atoms with Gasteiger partial charge in [-0.05, 0) is 6.07 Å². The summed E-state index contributed by atoms with van der Waals surface area (Å²) in [6.45, 7) is 3.34. The van der Waals surface area contributed by atoms with Gasteiger partial charge in [0, 0.05) is 16.8 Å². The van der Waals surface area contributed by atoms with Crippen LogP contribution in [0.15, 0.2) is 48.2 Å². The maximum absolute atomic E-state index is 12.5. The van der Waals surface area contributed by atoms with Gasteiger partial charge in [-0.25, -0.2) is 4.79 Å². The van der Waals surface area contributed by atoms with Crippen LogP contribution in [0.3, 0.4) is 0 Å². The molecule has 25 heavy (non-hydrogen) atoms. The normalized spacial score (nSPS) is 12.4. The fourth-order valence-corrected chi connectivity index (χ4v) is 2.87. The number of aliphatic hydroxyl groups excluding tert-OH is 1. The van der Waals surface area contributed by atoms with Crippen LogP contribution in [-0.4, -0.2) is 10.2 Å². The van der Waals surface area contributed by atoms with E-state index in [0.717, 1.165) is 12.3 Å². The highest BCUT2D eigenvalue weighted by Gasteiger charge is 2.24. The molecule has 124 valence electrons. The lowest BCUT2D eigenvalue weighted by atomic mass is 10.0. The first kappa shape index (κ1) is 14.8. The molecule has 0 unspecified atom stereocenters. The molecular weight excluding hydrogens is 332 g/mol. The number of hydrogen-bond donors (Lipinski definition) is 2. The van der Waals surface area contributed by atoms with Crippen LogP contribution in [0.25, 0.3) is 39.0 Å². The van der Waals surface area contributed by atoms with Gasteiger partial charge in [0.15, 0.2) is 16.9 Å². The van der Waals surface area contributed by atoms with E-state index in [1.54, 1.807) is 0 Å². The summed E-state index contributed by atoms with van der Waals surface area (Å²) in [6.07, 6.45) is 1.51. The Balaban J connectivity index is 2.47. The van der Waals surface area contributed by atoms with Gasteiger partial charge in [-0.1, -0.05) is 6.58 Å². The Labute approximate surface area is 136 Å². The van der Waals surface area contributed by atoms with Crippen LogP contribution in [0.4, 0.5) is 0 Å². The van der Waals surface area contributed by atoms with E-state index in [-0.39, 0.29) is 43.7 Å². The number of aliphatic hydroxyl groups is 1. The van der Waals surface area contributed by atoms with E-state index in [1.165, 1.54) is 6.07 Å². The van der Waals surface area contributed by atoms with E-state index in [1.807, 2.05) is 0 Å². The van der Waals surface area contributed by atoms with Gasteiger partial charge in [-0.15, -0.1) is 0 Å². The van der Waals surface area contributed by atoms with E-state index >= 15 is 0 Å². The molecule has 0 aliphatic carbocycles. The molecule has 0 fully saturated rings. The molecule has 4 aromatic rings. The maximum Gasteiger partial charge on any atom is 0.344 e. The highest BCUT2D eigenvalue weighted by molar-refractivity contribution is 6.20. The fourth-order valence-electron chi connectivity index (χ4n) is 2.87. The molecule has 2 aromatic carbocycles. The van der Waals surface area contributed by atoms with Gasteiger partial charge in [0.05, 0.1) is 28.5 Å². The minimum absolute atomic E-state index is 0.0211. The van der Waals surface area contributed by atoms with Crippen molar-refractivity contribution in [2.75, 3.05) is 0 Å². The van der Waals surface area contributed by atoms with Crippen LogP contribution >= 0.6 is 0 Å². The van der Waals surface area contributed by atoms with Gasteiger partial charge in [-0.3, -0.25) is 9.59 Å². The lowest BCUT2D eigenvalue weighted by Gasteiger charge is -2.10. The second-order valence-electron chi connectivity index (χ2n) is 5.21. The standard InChI is InChI=1S/C17H8O8/c1-2-23-9-4-8-11-10-7(16(21)25-15(11)13(9)20)3-6(5-18)12(19)14(10)24-17(8)22/h2-5,18,22H,1H2. The first-order chi connectivity index (χ1) is 12.0.